The van der Waals surface area contributed by atoms with Crippen LogP contribution < -0.4 is 0 Å². The van der Waals surface area contributed by atoms with E-state index in [9.17, 15) is 13.2 Å². The Morgan fingerprint density at radius 1 is 1.25 bits per heavy atom. The first kappa shape index (κ1) is 20.3. The largest absolute Gasteiger partial charge is 0.478 e. The summed E-state index contributed by atoms with van der Waals surface area (Å²) in [6.07, 6.45) is 8.38. The highest BCUT2D eigenvalue weighted by molar-refractivity contribution is 7.86. The van der Waals surface area contributed by atoms with E-state index in [0.29, 0.717) is 30.8 Å². The van der Waals surface area contributed by atoms with Crippen LogP contribution in [0.3, 0.4) is 0 Å². The number of aromatic carboxylic acids is 1. The highest BCUT2D eigenvalue weighted by atomic mass is 32.2. The van der Waals surface area contributed by atoms with Crippen molar-refractivity contribution in [3.8, 4) is 11.3 Å². The second kappa shape index (κ2) is 8.29. The van der Waals surface area contributed by atoms with Gasteiger partial charge in [0.2, 0.25) is 0 Å². The Kier molecular flexibility index (Phi) is 6.01. The quantitative estimate of drug-likeness (QED) is 0.770. The van der Waals surface area contributed by atoms with Crippen LogP contribution in [-0.2, 0) is 16.6 Å². The van der Waals surface area contributed by atoms with Crippen LogP contribution in [0.1, 0.15) is 28.9 Å². The molecule has 150 valence electrons. The summed E-state index contributed by atoms with van der Waals surface area (Å²) in [6.45, 7) is 0.971. The van der Waals surface area contributed by atoms with Gasteiger partial charge in [0.25, 0.3) is 10.2 Å². The van der Waals surface area contributed by atoms with Crippen LogP contribution in [0.2, 0.25) is 0 Å². The molecule has 28 heavy (non-hydrogen) atoms. The van der Waals surface area contributed by atoms with Crippen LogP contribution in [-0.4, -0.2) is 70.2 Å². The van der Waals surface area contributed by atoms with Crippen LogP contribution in [0, 0.1) is 5.92 Å². The fourth-order valence-electron chi connectivity index (χ4n) is 3.27. The molecule has 2 aromatic heterocycles. The lowest BCUT2D eigenvalue weighted by atomic mass is 9.95. The molecule has 0 aliphatic carbocycles. The molecule has 0 saturated carbocycles. The van der Waals surface area contributed by atoms with E-state index in [1.165, 1.54) is 35.0 Å². The van der Waals surface area contributed by atoms with Crippen molar-refractivity contribution >= 4 is 16.2 Å². The van der Waals surface area contributed by atoms with Gasteiger partial charge in [-0.25, -0.2) is 9.78 Å². The minimum Gasteiger partial charge on any atom is -0.478 e. The van der Waals surface area contributed by atoms with Crippen molar-refractivity contribution in [2.75, 3.05) is 27.2 Å². The van der Waals surface area contributed by atoms with Crippen LogP contribution >= 0.6 is 0 Å². The van der Waals surface area contributed by atoms with Gasteiger partial charge in [-0.1, -0.05) is 0 Å². The number of hydrogen-bond acceptors (Lipinski definition) is 6. The summed E-state index contributed by atoms with van der Waals surface area (Å²) in [4.78, 5) is 23.9. The molecule has 1 aliphatic heterocycles. The predicted octanol–water partition coefficient (Wildman–Crippen LogP) is 1.30. The van der Waals surface area contributed by atoms with E-state index >= 15 is 0 Å². The third-order valence-electron chi connectivity index (χ3n) is 4.73. The van der Waals surface area contributed by atoms with Gasteiger partial charge in [-0.15, -0.1) is 0 Å². The SMILES string of the molecule is CN(C)S(=O)(=O)N1CCCC(Cc2cncc(-c3cncc(C(=O)O)c3)n2)C1. The maximum atomic E-state index is 12.4. The Bertz CT molecular complexity index is 964. The van der Waals surface area contributed by atoms with Gasteiger partial charge in [0.05, 0.1) is 23.1 Å². The third-order valence-corrected chi connectivity index (χ3v) is 6.64. The zero-order chi connectivity index (χ0) is 20.3. The van der Waals surface area contributed by atoms with E-state index in [-0.39, 0.29) is 11.5 Å². The topological polar surface area (TPSA) is 117 Å². The molecule has 9 nitrogen and oxygen atoms in total. The second-order valence-electron chi connectivity index (χ2n) is 7.02. The van der Waals surface area contributed by atoms with Gasteiger partial charge in [0.15, 0.2) is 0 Å². The highest BCUT2D eigenvalue weighted by Gasteiger charge is 2.30. The first-order valence-electron chi connectivity index (χ1n) is 8.94. The summed E-state index contributed by atoms with van der Waals surface area (Å²) in [5.41, 5.74) is 1.95. The molecule has 10 heteroatoms. The van der Waals surface area contributed by atoms with Crippen molar-refractivity contribution < 1.29 is 18.3 Å². The first-order chi connectivity index (χ1) is 13.3. The number of hydrogen-bond donors (Lipinski definition) is 1. The molecular weight excluding hydrogens is 382 g/mol. The number of aromatic nitrogens is 3. The van der Waals surface area contributed by atoms with Crippen LogP contribution in [0.15, 0.2) is 30.9 Å². The number of carboxylic acids is 1. The fourth-order valence-corrected chi connectivity index (χ4v) is 4.49. The molecule has 2 aromatic rings. The Morgan fingerprint density at radius 3 is 2.71 bits per heavy atom. The van der Waals surface area contributed by atoms with Gasteiger partial charge in [-0.05, 0) is 31.2 Å². The standard InChI is InChI=1S/C18H23N5O4S/c1-22(2)28(26,27)23-5-3-4-13(12-23)6-16-10-20-11-17(21-16)14-7-15(18(24)25)9-19-8-14/h7-11,13H,3-6,12H2,1-2H3,(H,24,25). The Balaban J connectivity index is 1.76. The van der Waals surface area contributed by atoms with Crippen molar-refractivity contribution in [3.63, 3.8) is 0 Å². The molecule has 0 radical (unpaired) electrons. The maximum absolute atomic E-state index is 12.4. The smallest absolute Gasteiger partial charge is 0.337 e. The number of pyridine rings is 1. The fraction of sp³-hybridized carbons (Fsp3) is 0.444. The summed E-state index contributed by atoms with van der Waals surface area (Å²) in [7, 11) is -0.353. The molecule has 1 fully saturated rings. The highest BCUT2D eigenvalue weighted by Crippen LogP contribution is 2.24. The summed E-state index contributed by atoms with van der Waals surface area (Å²) >= 11 is 0. The number of rotatable bonds is 6. The molecule has 3 heterocycles. The number of carbonyl (C=O) groups is 1. The molecular formula is C18H23N5O4S. The van der Waals surface area contributed by atoms with E-state index in [2.05, 4.69) is 15.0 Å². The molecule has 1 N–H and O–H groups in total. The van der Waals surface area contributed by atoms with E-state index in [1.807, 2.05) is 0 Å². The lowest BCUT2D eigenvalue weighted by Crippen LogP contribution is -2.45. The average molecular weight is 405 g/mol. The lowest BCUT2D eigenvalue weighted by molar-refractivity contribution is 0.0696. The molecule has 1 unspecified atom stereocenters. The van der Waals surface area contributed by atoms with Crippen LogP contribution in [0.5, 0.6) is 0 Å². The molecule has 1 atom stereocenters. The Morgan fingerprint density at radius 2 is 2.00 bits per heavy atom. The third kappa shape index (κ3) is 4.51. The minimum atomic E-state index is -3.42. The second-order valence-corrected chi connectivity index (χ2v) is 9.17. The van der Waals surface area contributed by atoms with Gasteiger partial charge in [-0.2, -0.15) is 17.0 Å². The van der Waals surface area contributed by atoms with Crippen molar-refractivity contribution in [3.05, 3.63) is 42.1 Å². The van der Waals surface area contributed by atoms with Crippen LogP contribution in [0.4, 0.5) is 0 Å². The van der Waals surface area contributed by atoms with E-state index < -0.39 is 16.2 Å². The molecule has 1 saturated heterocycles. The molecule has 1 aliphatic rings. The van der Waals surface area contributed by atoms with Crippen molar-refractivity contribution in [1.29, 1.82) is 0 Å². The van der Waals surface area contributed by atoms with E-state index in [1.54, 1.807) is 18.6 Å². The van der Waals surface area contributed by atoms with Gasteiger partial charge in [0.1, 0.15) is 0 Å². The van der Waals surface area contributed by atoms with Gasteiger partial charge >= 0.3 is 5.97 Å². The number of nitrogens with zero attached hydrogens (tertiary/aromatic N) is 5. The minimum absolute atomic E-state index is 0.0847. The van der Waals surface area contributed by atoms with Crippen molar-refractivity contribution in [1.82, 2.24) is 23.6 Å². The predicted molar refractivity (Wildman–Crippen MR) is 103 cm³/mol. The van der Waals surface area contributed by atoms with Crippen molar-refractivity contribution in [2.45, 2.75) is 19.3 Å². The average Bonchev–Trinajstić information content (AvgIpc) is 2.68. The molecule has 0 amide bonds. The van der Waals surface area contributed by atoms with Crippen LogP contribution in [0.25, 0.3) is 11.3 Å². The summed E-state index contributed by atoms with van der Waals surface area (Å²) in [5.74, 6) is -0.903. The number of piperidine rings is 1. The molecule has 0 spiro atoms. The molecule has 0 bridgehead atoms. The number of carboxylic acid groups (broad SMARTS) is 1. The lowest BCUT2D eigenvalue weighted by Gasteiger charge is -2.33. The summed E-state index contributed by atoms with van der Waals surface area (Å²) in [6, 6.07) is 1.51. The maximum Gasteiger partial charge on any atom is 0.337 e. The first-order valence-corrected chi connectivity index (χ1v) is 10.3. The van der Waals surface area contributed by atoms with Gasteiger partial charge in [0, 0.05) is 51.3 Å². The molecule has 0 aromatic carbocycles. The monoisotopic (exact) mass is 405 g/mol. The molecule has 3 rings (SSSR count). The zero-order valence-corrected chi connectivity index (χ0v) is 16.6. The van der Waals surface area contributed by atoms with Gasteiger partial charge in [-0.3, -0.25) is 9.97 Å². The van der Waals surface area contributed by atoms with E-state index in [4.69, 9.17) is 5.11 Å². The summed E-state index contributed by atoms with van der Waals surface area (Å²) in [5, 5.41) is 9.12. The Hall–Kier alpha value is -2.43. The normalized spacial score (nSPS) is 18.3. The zero-order valence-electron chi connectivity index (χ0n) is 15.8. The van der Waals surface area contributed by atoms with Gasteiger partial charge < -0.3 is 5.11 Å². The van der Waals surface area contributed by atoms with E-state index in [0.717, 1.165) is 18.5 Å². The Labute approximate surface area is 164 Å². The summed E-state index contributed by atoms with van der Waals surface area (Å²) < 4.78 is 27.5. The van der Waals surface area contributed by atoms with Crippen molar-refractivity contribution in [2.24, 2.45) is 5.92 Å².